The first-order valence-electron chi connectivity index (χ1n) is 5.70. The molecule has 0 unspecified atom stereocenters. The third-order valence-corrected chi connectivity index (χ3v) is 2.41. The molecule has 2 N–H and O–H groups in total. The molecule has 2 aromatic rings. The fourth-order valence-electron chi connectivity index (χ4n) is 1.58. The van der Waals surface area contributed by atoms with E-state index < -0.39 is 0 Å². The summed E-state index contributed by atoms with van der Waals surface area (Å²) in [5.74, 6) is 0.570. The third-order valence-electron chi connectivity index (χ3n) is 2.41. The van der Waals surface area contributed by atoms with E-state index >= 15 is 0 Å². The summed E-state index contributed by atoms with van der Waals surface area (Å²) >= 11 is 0. The maximum atomic E-state index is 11.4. The van der Waals surface area contributed by atoms with Crippen LogP contribution in [0.1, 0.15) is 19.8 Å². The van der Waals surface area contributed by atoms with Gasteiger partial charge in [-0.2, -0.15) is 5.10 Å². The van der Waals surface area contributed by atoms with E-state index in [9.17, 15) is 4.79 Å². The highest BCUT2D eigenvalue weighted by Gasteiger charge is 2.05. The average molecular weight is 229 g/mol. The van der Waals surface area contributed by atoms with Crippen LogP contribution < -0.4 is 5.32 Å². The van der Waals surface area contributed by atoms with Gasteiger partial charge in [0.05, 0.1) is 5.69 Å². The van der Waals surface area contributed by atoms with Crippen LogP contribution in [0.2, 0.25) is 0 Å². The number of aromatic amines is 1. The molecular formula is C13H15N3O. The van der Waals surface area contributed by atoms with Crippen LogP contribution in [0.15, 0.2) is 36.4 Å². The fourth-order valence-corrected chi connectivity index (χ4v) is 1.58. The van der Waals surface area contributed by atoms with Crippen molar-refractivity contribution >= 4 is 11.7 Å². The van der Waals surface area contributed by atoms with E-state index in [0.717, 1.165) is 17.7 Å². The van der Waals surface area contributed by atoms with Crippen molar-refractivity contribution in [1.29, 1.82) is 0 Å². The zero-order valence-corrected chi connectivity index (χ0v) is 9.73. The van der Waals surface area contributed by atoms with E-state index in [4.69, 9.17) is 0 Å². The van der Waals surface area contributed by atoms with Crippen molar-refractivity contribution in [1.82, 2.24) is 10.2 Å². The SMILES string of the molecule is CCCC(=O)Nc1cc(-c2ccccc2)[nH]n1. The number of carbonyl (C=O) groups excluding carboxylic acids is 1. The van der Waals surface area contributed by atoms with Crippen LogP contribution >= 0.6 is 0 Å². The minimum absolute atomic E-state index is 0.00129. The molecular weight excluding hydrogens is 214 g/mol. The Hall–Kier alpha value is -2.10. The number of amides is 1. The van der Waals surface area contributed by atoms with Crippen LogP contribution in [0, 0.1) is 0 Å². The minimum atomic E-state index is -0.00129. The van der Waals surface area contributed by atoms with Gasteiger partial charge >= 0.3 is 0 Å². The lowest BCUT2D eigenvalue weighted by molar-refractivity contribution is -0.116. The Morgan fingerprint density at radius 2 is 2.12 bits per heavy atom. The number of nitrogens with zero attached hydrogens (tertiary/aromatic N) is 1. The van der Waals surface area contributed by atoms with Gasteiger partial charge in [-0.3, -0.25) is 9.89 Å². The maximum Gasteiger partial charge on any atom is 0.225 e. The van der Waals surface area contributed by atoms with Crippen molar-refractivity contribution in [2.24, 2.45) is 0 Å². The Labute approximate surface area is 100 Å². The van der Waals surface area contributed by atoms with Crippen molar-refractivity contribution in [3.05, 3.63) is 36.4 Å². The molecule has 17 heavy (non-hydrogen) atoms. The first-order chi connectivity index (χ1) is 8.29. The Kier molecular flexibility index (Phi) is 3.55. The molecule has 0 aliphatic carbocycles. The third kappa shape index (κ3) is 2.93. The van der Waals surface area contributed by atoms with Crippen molar-refractivity contribution < 1.29 is 4.79 Å². The summed E-state index contributed by atoms with van der Waals surface area (Å²) in [6, 6.07) is 11.7. The summed E-state index contributed by atoms with van der Waals surface area (Å²) in [5.41, 5.74) is 1.95. The minimum Gasteiger partial charge on any atom is -0.309 e. The molecule has 88 valence electrons. The highest BCUT2D eigenvalue weighted by molar-refractivity contribution is 5.90. The molecule has 0 radical (unpaired) electrons. The molecule has 0 saturated carbocycles. The van der Waals surface area contributed by atoms with Gasteiger partial charge in [-0.1, -0.05) is 37.3 Å². The second-order valence-electron chi connectivity index (χ2n) is 3.83. The normalized spacial score (nSPS) is 10.2. The average Bonchev–Trinajstić information content (AvgIpc) is 2.79. The van der Waals surface area contributed by atoms with Crippen LogP contribution in [-0.2, 0) is 4.79 Å². The van der Waals surface area contributed by atoms with Gasteiger partial charge in [0, 0.05) is 12.5 Å². The van der Waals surface area contributed by atoms with Crippen molar-refractivity contribution in [3.8, 4) is 11.3 Å². The summed E-state index contributed by atoms with van der Waals surface area (Å²) in [5, 5.41) is 9.71. The highest BCUT2D eigenvalue weighted by Crippen LogP contribution is 2.19. The lowest BCUT2D eigenvalue weighted by Gasteiger charge is -1.98. The number of hydrogen-bond acceptors (Lipinski definition) is 2. The molecule has 4 heteroatoms. The molecule has 1 aromatic heterocycles. The zero-order valence-electron chi connectivity index (χ0n) is 9.73. The van der Waals surface area contributed by atoms with Gasteiger partial charge in [-0.05, 0) is 12.0 Å². The Balaban J connectivity index is 2.09. The molecule has 4 nitrogen and oxygen atoms in total. The summed E-state index contributed by atoms with van der Waals surface area (Å²) in [4.78, 5) is 11.4. The molecule has 0 spiro atoms. The van der Waals surface area contributed by atoms with Crippen molar-refractivity contribution in [3.63, 3.8) is 0 Å². The number of carbonyl (C=O) groups is 1. The van der Waals surface area contributed by atoms with Gasteiger partial charge < -0.3 is 5.32 Å². The summed E-state index contributed by atoms with van der Waals surface area (Å²) in [7, 11) is 0. The number of benzene rings is 1. The van der Waals surface area contributed by atoms with Gasteiger partial charge in [0.25, 0.3) is 0 Å². The number of hydrogen-bond donors (Lipinski definition) is 2. The van der Waals surface area contributed by atoms with Crippen LogP contribution in [0.3, 0.4) is 0 Å². The maximum absolute atomic E-state index is 11.4. The van der Waals surface area contributed by atoms with Crippen molar-refractivity contribution in [2.75, 3.05) is 5.32 Å². The van der Waals surface area contributed by atoms with Crippen LogP contribution in [-0.4, -0.2) is 16.1 Å². The molecule has 0 saturated heterocycles. The highest BCUT2D eigenvalue weighted by atomic mass is 16.1. The Morgan fingerprint density at radius 1 is 1.35 bits per heavy atom. The van der Waals surface area contributed by atoms with Gasteiger partial charge in [-0.15, -0.1) is 0 Å². The molecule has 0 bridgehead atoms. The first-order valence-corrected chi connectivity index (χ1v) is 5.70. The number of aromatic nitrogens is 2. The molecule has 0 fully saturated rings. The standard InChI is InChI=1S/C13H15N3O/c1-2-6-13(17)14-12-9-11(15-16-12)10-7-4-3-5-8-10/h3-5,7-9H,2,6H2,1H3,(H2,14,15,16,17). The van der Waals surface area contributed by atoms with E-state index in [-0.39, 0.29) is 5.91 Å². The molecule has 1 amide bonds. The van der Waals surface area contributed by atoms with Crippen molar-refractivity contribution in [2.45, 2.75) is 19.8 Å². The molecule has 0 aliphatic heterocycles. The van der Waals surface area contributed by atoms with E-state index in [1.807, 2.05) is 43.3 Å². The first kappa shape index (κ1) is 11.4. The summed E-state index contributed by atoms with van der Waals surface area (Å²) in [6.07, 6.45) is 1.36. The summed E-state index contributed by atoms with van der Waals surface area (Å²) in [6.45, 7) is 1.97. The summed E-state index contributed by atoms with van der Waals surface area (Å²) < 4.78 is 0. The topological polar surface area (TPSA) is 57.8 Å². The van der Waals surface area contributed by atoms with E-state index in [1.165, 1.54) is 0 Å². The molecule has 0 aliphatic rings. The van der Waals surface area contributed by atoms with Crippen LogP contribution in [0.25, 0.3) is 11.3 Å². The van der Waals surface area contributed by atoms with Crippen LogP contribution in [0.5, 0.6) is 0 Å². The molecule has 1 heterocycles. The smallest absolute Gasteiger partial charge is 0.225 e. The fraction of sp³-hybridized carbons (Fsp3) is 0.231. The number of H-pyrrole nitrogens is 1. The van der Waals surface area contributed by atoms with Crippen LogP contribution in [0.4, 0.5) is 5.82 Å². The second kappa shape index (κ2) is 5.30. The molecule has 0 atom stereocenters. The van der Waals surface area contributed by atoms with Gasteiger partial charge in [-0.25, -0.2) is 0 Å². The number of nitrogens with one attached hydrogen (secondary N) is 2. The number of anilines is 1. The quantitative estimate of drug-likeness (QED) is 0.847. The molecule has 1 aromatic carbocycles. The largest absolute Gasteiger partial charge is 0.309 e. The van der Waals surface area contributed by atoms with Gasteiger partial charge in [0.15, 0.2) is 5.82 Å². The zero-order chi connectivity index (χ0) is 12.1. The second-order valence-corrected chi connectivity index (χ2v) is 3.83. The lowest BCUT2D eigenvalue weighted by Crippen LogP contribution is -2.10. The van der Waals surface area contributed by atoms with E-state index in [0.29, 0.717) is 12.2 Å². The van der Waals surface area contributed by atoms with Gasteiger partial charge in [0.1, 0.15) is 0 Å². The monoisotopic (exact) mass is 229 g/mol. The predicted octanol–water partition coefficient (Wildman–Crippen LogP) is 2.82. The Bertz CT molecular complexity index is 490. The predicted molar refractivity (Wildman–Crippen MR) is 67.6 cm³/mol. The van der Waals surface area contributed by atoms with Gasteiger partial charge in [0.2, 0.25) is 5.91 Å². The molecule has 2 rings (SSSR count). The number of rotatable bonds is 4. The Morgan fingerprint density at radius 3 is 2.82 bits per heavy atom. The lowest BCUT2D eigenvalue weighted by atomic mass is 10.1. The van der Waals surface area contributed by atoms with E-state index in [2.05, 4.69) is 15.5 Å². The van der Waals surface area contributed by atoms with E-state index in [1.54, 1.807) is 0 Å².